The first-order chi connectivity index (χ1) is 25.8. The maximum Gasteiger partial charge on any atom is 0.136 e. The third-order valence-electron chi connectivity index (χ3n) is 10.9. The first kappa shape index (κ1) is 27.7. The predicted molar refractivity (Wildman–Crippen MR) is 215 cm³/mol. The van der Waals surface area contributed by atoms with Crippen LogP contribution in [0.5, 0.6) is 0 Å². The molecule has 0 N–H and O–H groups in total. The fourth-order valence-corrected chi connectivity index (χ4v) is 8.65. The van der Waals surface area contributed by atoms with E-state index < -0.39 is 0 Å². The fraction of sp³-hybridized carbons (Fsp3) is 0. The zero-order valence-electron chi connectivity index (χ0n) is 27.9. The molecule has 8 aromatic carbocycles. The number of benzene rings is 8. The van der Waals surface area contributed by atoms with Crippen LogP contribution in [0, 0.1) is 0 Å². The van der Waals surface area contributed by atoms with E-state index in [0.717, 1.165) is 55.1 Å². The predicted octanol–water partition coefficient (Wildman–Crippen LogP) is 13.3. The van der Waals surface area contributed by atoms with Crippen molar-refractivity contribution in [2.75, 3.05) is 0 Å². The second kappa shape index (κ2) is 10.3. The summed E-state index contributed by atoms with van der Waals surface area (Å²) in [5.74, 6) is 0. The van der Waals surface area contributed by atoms with Crippen molar-refractivity contribution in [1.29, 1.82) is 0 Å². The van der Waals surface area contributed by atoms with E-state index in [2.05, 4.69) is 155 Å². The zero-order valence-corrected chi connectivity index (χ0v) is 27.9. The van der Waals surface area contributed by atoms with Crippen molar-refractivity contribution in [3.63, 3.8) is 0 Å². The van der Waals surface area contributed by atoms with E-state index in [9.17, 15) is 0 Å². The molecule has 0 radical (unpaired) electrons. The maximum atomic E-state index is 6.42. The molecule has 4 heteroatoms. The van der Waals surface area contributed by atoms with Gasteiger partial charge in [-0.15, -0.1) is 0 Å². The van der Waals surface area contributed by atoms with Crippen LogP contribution in [0.25, 0.3) is 110 Å². The van der Waals surface area contributed by atoms with Gasteiger partial charge in [0.2, 0.25) is 0 Å². The minimum atomic E-state index is 0.863. The quantitative estimate of drug-likeness (QED) is 0.188. The Morgan fingerprint density at radius 3 is 1.42 bits per heavy atom. The highest BCUT2D eigenvalue weighted by Crippen LogP contribution is 2.42. The summed E-state index contributed by atoms with van der Waals surface area (Å²) in [6.07, 6.45) is 0. The molecule has 0 unspecified atom stereocenters. The molecule has 0 bridgehead atoms. The maximum absolute atomic E-state index is 6.42. The molecule has 52 heavy (non-hydrogen) atoms. The molecule has 0 atom stereocenters. The Morgan fingerprint density at radius 2 is 0.769 bits per heavy atom. The molecular formula is C48H28N2O2. The summed E-state index contributed by atoms with van der Waals surface area (Å²) in [4.78, 5) is 0. The molecule has 4 heterocycles. The molecule has 4 nitrogen and oxygen atoms in total. The van der Waals surface area contributed by atoms with E-state index in [1.165, 1.54) is 54.9 Å². The minimum Gasteiger partial charge on any atom is -0.456 e. The van der Waals surface area contributed by atoms with Crippen molar-refractivity contribution in [3.8, 4) is 22.5 Å². The lowest BCUT2D eigenvalue weighted by Gasteiger charge is -2.09. The van der Waals surface area contributed by atoms with Crippen LogP contribution in [0.1, 0.15) is 0 Å². The van der Waals surface area contributed by atoms with Crippen molar-refractivity contribution in [2.45, 2.75) is 0 Å². The van der Waals surface area contributed by atoms with Gasteiger partial charge in [0.1, 0.15) is 22.3 Å². The summed E-state index contributed by atoms with van der Waals surface area (Å²) in [6, 6.07) is 60.7. The number of furan rings is 2. The average molecular weight is 665 g/mol. The van der Waals surface area contributed by atoms with Crippen molar-refractivity contribution >= 4 is 87.5 Å². The van der Waals surface area contributed by atoms with Crippen LogP contribution >= 0.6 is 0 Å². The van der Waals surface area contributed by atoms with Crippen LogP contribution in [-0.4, -0.2) is 9.13 Å². The van der Waals surface area contributed by atoms with Crippen molar-refractivity contribution in [1.82, 2.24) is 9.13 Å². The van der Waals surface area contributed by atoms with E-state index in [-0.39, 0.29) is 0 Å². The number of nitrogens with zero attached hydrogens (tertiary/aromatic N) is 2. The summed E-state index contributed by atoms with van der Waals surface area (Å²) in [6.45, 7) is 0. The van der Waals surface area contributed by atoms with Crippen LogP contribution < -0.4 is 0 Å². The van der Waals surface area contributed by atoms with Gasteiger partial charge >= 0.3 is 0 Å². The van der Waals surface area contributed by atoms with Crippen molar-refractivity contribution < 1.29 is 8.83 Å². The Bertz CT molecular complexity index is 3410. The highest BCUT2D eigenvalue weighted by Gasteiger charge is 2.19. The average Bonchev–Trinajstić information content (AvgIpc) is 3.95. The number of para-hydroxylation sites is 4. The molecule has 0 aliphatic carbocycles. The molecule has 242 valence electrons. The summed E-state index contributed by atoms with van der Waals surface area (Å²) < 4.78 is 17.4. The molecule has 12 rings (SSSR count). The third-order valence-corrected chi connectivity index (χ3v) is 10.9. The summed E-state index contributed by atoms with van der Waals surface area (Å²) in [5, 5.41) is 9.31. The first-order valence-corrected chi connectivity index (χ1v) is 17.7. The van der Waals surface area contributed by atoms with Crippen molar-refractivity contribution in [3.05, 3.63) is 170 Å². The molecule has 4 aromatic heterocycles. The number of hydrogen-bond acceptors (Lipinski definition) is 2. The molecule has 0 spiro atoms. The van der Waals surface area contributed by atoms with Gasteiger partial charge in [-0.25, -0.2) is 0 Å². The van der Waals surface area contributed by atoms with Crippen LogP contribution in [0.4, 0.5) is 0 Å². The molecule has 12 aromatic rings. The fourth-order valence-electron chi connectivity index (χ4n) is 8.65. The van der Waals surface area contributed by atoms with Crippen LogP contribution in [0.2, 0.25) is 0 Å². The largest absolute Gasteiger partial charge is 0.456 e. The highest BCUT2D eigenvalue weighted by atomic mass is 16.3. The molecule has 0 aliphatic heterocycles. The third kappa shape index (κ3) is 3.75. The second-order valence-electron chi connectivity index (χ2n) is 13.7. The van der Waals surface area contributed by atoms with Gasteiger partial charge < -0.3 is 18.0 Å². The van der Waals surface area contributed by atoms with Gasteiger partial charge in [0.05, 0.1) is 22.1 Å². The first-order valence-electron chi connectivity index (χ1n) is 17.7. The Morgan fingerprint density at radius 1 is 0.288 bits per heavy atom. The highest BCUT2D eigenvalue weighted by molar-refractivity contribution is 6.26. The van der Waals surface area contributed by atoms with Gasteiger partial charge in [-0.1, -0.05) is 84.9 Å². The Kier molecular flexibility index (Phi) is 5.47. The Labute approximate surface area is 296 Å². The van der Waals surface area contributed by atoms with Gasteiger partial charge in [0, 0.05) is 54.5 Å². The standard InChI is InChI=1S/C48H28N2O2/c1-2-10-31(11-3-1)49-39-15-7-4-12-33(39)36-26-29(18-21-41(36)49)30-19-22-42-37(27-30)34-13-5-8-16-40(34)50(42)32-20-23-44-38(28-32)48-46(52-44)25-24-45-47(48)35-14-6-9-17-43(35)51-45/h1-28H. The lowest BCUT2D eigenvalue weighted by Crippen LogP contribution is -1.93. The van der Waals surface area contributed by atoms with Crippen LogP contribution in [0.15, 0.2) is 179 Å². The summed E-state index contributed by atoms with van der Waals surface area (Å²) >= 11 is 0. The minimum absolute atomic E-state index is 0.863. The van der Waals surface area contributed by atoms with Gasteiger partial charge in [-0.3, -0.25) is 0 Å². The second-order valence-corrected chi connectivity index (χ2v) is 13.7. The summed E-state index contributed by atoms with van der Waals surface area (Å²) in [5.41, 5.74) is 12.9. The van der Waals surface area contributed by atoms with E-state index in [1.807, 2.05) is 24.3 Å². The Hall–Kier alpha value is -7.04. The molecule has 0 saturated carbocycles. The molecule has 0 amide bonds. The zero-order chi connectivity index (χ0) is 33.9. The number of aromatic nitrogens is 2. The normalized spacial score (nSPS) is 12.2. The number of fused-ring (bicyclic) bond motifs is 13. The lowest BCUT2D eigenvalue weighted by molar-refractivity contribution is 0.663. The van der Waals surface area contributed by atoms with E-state index in [4.69, 9.17) is 8.83 Å². The molecule has 0 saturated heterocycles. The lowest BCUT2D eigenvalue weighted by atomic mass is 10.0. The SMILES string of the molecule is c1ccc(-n2c3ccccc3c3cc(-c4ccc5c(c4)c4ccccc4n5-c4ccc5oc6ccc7oc8ccccc8c7c6c5c4)ccc32)cc1. The number of hydrogen-bond donors (Lipinski definition) is 0. The topological polar surface area (TPSA) is 36.1 Å². The van der Waals surface area contributed by atoms with Crippen LogP contribution in [-0.2, 0) is 0 Å². The molecule has 0 fully saturated rings. The van der Waals surface area contributed by atoms with Gasteiger partial charge in [0.15, 0.2) is 0 Å². The van der Waals surface area contributed by atoms with Crippen molar-refractivity contribution in [2.24, 2.45) is 0 Å². The van der Waals surface area contributed by atoms with E-state index in [0.29, 0.717) is 0 Å². The summed E-state index contributed by atoms with van der Waals surface area (Å²) in [7, 11) is 0. The molecule has 0 aliphatic rings. The monoisotopic (exact) mass is 664 g/mol. The van der Waals surface area contributed by atoms with Gasteiger partial charge in [-0.05, 0) is 96.1 Å². The van der Waals surface area contributed by atoms with E-state index >= 15 is 0 Å². The van der Waals surface area contributed by atoms with Gasteiger partial charge in [0.25, 0.3) is 0 Å². The molecular weight excluding hydrogens is 637 g/mol. The Balaban J connectivity index is 1.06. The van der Waals surface area contributed by atoms with Crippen LogP contribution in [0.3, 0.4) is 0 Å². The smallest absolute Gasteiger partial charge is 0.136 e. The van der Waals surface area contributed by atoms with E-state index in [1.54, 1.807) is 0 Å². The number of rotatable bonds is 3. The van der Waals surface area contributed by atoms with Gasteiger partial charge in [-0.2, -0.15) is 0 Å².